The van der Waals surface area contributed by atoms with Crippen molar-refractivity contribution in [3.8, 4) is 5.82 Å². The van der Waals surface area contributed by atoms with Crippen LogP contribution in [0.4, 0.5) is 38.0 Å². The van der Waals surface area contributed by atoms with Crippen LogP contribution >= 0.6 is 23.2 Å². The van der Waals surface area contributed by atoms with Gasteiger partial charge in [-0.25, -0.2) is 14.8 Å². The van der Waals surface area contributed by atoms with Crippen LogP contribution in [0.5, 0.6) is 0 Å². The van der Waals surface area contributed by atoms with Crippen LogP contribution in [0.15, 0.2) is 41.6 Å². The first kappa shape index (κ1) is 21.8. The Morgan fingerprint density at radius 1 is 0.900 bits per heavy atom. The Hall–Kier alpha value is -2.86. The largest absolute Gasteiger partial charge is 0.417 e. The first-order valence-electron chi connectivity index (χ1n) is 7.69. The minimum absolute atomic E-state index is 0.131. The van der Waals surface area contributed by atoms with Crippen LogP contribution in [-0.4, -0.2) is 19.5 Å². The van der Waals surface area contributed by atoms with Gasteiger partial charge in [0.05, 0.1) is 21.2 Å². The Bertz CT molecular complexity index is 1160. The van der Waals surface area contributed by atoms with Gasteiger partial charge in [0.1, 0.15) is 11.6 Å². The molecule has 3 aromatic heterocycles. The van der Waals surface area contributed by atoms with Crippen LogP contribution in [0.3, 0.4) is 0 Å². The molecule has 0 radical (unpaired) electrons. The number of hydrogen-bond donors (Lipinski definition) is 1. The van der Waals surface area contributed by atoms with Crippen molar-refractivity contribution in [1.29, 1.82) is 0 Å². The highest BCUT2D eigenvalue weighted by molar-refractivity contribution is 6.33. The highest BCUT2D eigenvalue weighted by Crippen LogP contribution is 2.33. The van der Waals surface area contributed by atoms with Gasteiger partial charge in [0.15, 0.2) is 5.82 Å². The number of hydrogen-bond acceptors (Lipinski definition) is 5. The molecule has 0 aliphatic carbocycles. The number of nitrogens with one attached hydrogen (secondary N) is 1. The Labute approximate surface area is 173 Å². The molecule has 1 N–H and O–H groups in total. The number of pyridine rings is 2. The van der Waals surface area contributed by atoms with Crippen molar-refractivity contribution >= 4 is 34.8 Å². The molecule has 0 atom stereocenters. The molecule has 0 saturated carbocycles. The van der Waals surface area contributed by atoms with E-state index in [9.17, 15) is 31.1 Å². The number of halogens is 8. The van der Waals surface area contributed by atoms with E-state index in [2.05, 4.69) is 20.3 Å². The number of aromatic nitrogens is 4. The average Bonchev–Trinajstić information content (AvgIpc) is 2.62. The van der Waals surface area contributed by atoms with Gasteiger partial charge in [-0.2, -0.15) is 31.3 Å². The maximum atomic E-state index is 12.7. The number of alkyl halides is 6. The van der Waals surface area contributed by atoms with Crippen molar-refractivity contribution in [2.75, 3.05) is 5.32 Å². The molecule has 3 heterocycles. The second-order valence-electron chi connectivity index (χ2n) is 5.67. The molecule has 0 unspecified atom stereocenters. The Morgan fingerprint density at radius 3 is 1.97 bits per heavy atom. The first-order valence-corrected chi connectivity index (χ1v) is 8.44. The van der Waals surface area contributed by atoms with Crippen molar-refractivity contribution in [3.05, 3.63) is 68.4 Å². The Kier molecular flexibility index (Phi) is 5.65. The topological polar surface area (TPSA) is 72.7 Å². The summed E-state index contributed by atoms with van der Waals surface area (Å²) in [5, 5.41) is 1.66. The SMILES string of the molecule is O=c1nc(Nc2ncc(C(F)(F)F)cc2Cl)ccn1-c1ncc(C(F)(F)F)cc1Cl. The molecule has 3 aromatic rings. The maximum absolute atomic E-state index is 12.7. The van der Waals surface area contributed by atoms with E-state index >= 15 is 0 Å². The summed E-state index contributed by atoms with van der Waals surface area (Å²) >= 11 is 11.6. The third-order valence-electron chi connectivity index (χ3n) is 3.60. The van der Waals surface area contributed by atoms with E-state index in [1.807, 2.05) is 0 Å². The Balaban J connectivity index is 1.89. The lowest BCUT2D eigenvalue weighted by atomic mass is 10.2. The maximum Gasteiger partial charge on any atom is 0.417 e. The fourth-order valence-electron chi connectivity index (χ4n) is 2.20. The van der Waals surface area contributed by atoms with Crippen LogP contribution in [0, 0.1) is 0 Å². The zero-order valence-electron chi connectivity index (χ0n) is 14.2. The molecule has 6 nitrogen and oxygen atoms in total. The molecule has 0 amide bonds. The van der Waals surface area contributed by atoms with E-state index < -0.39 is 34.2 Å². The average molecular weight is 470 g/mol. The van der Waals surface area contributed by atoms with Crippen molar-refractivity contribution in [3.63, 3.8) is 0 Å². The summed E-state index contributed by atoms with van der Waals surface area (Å²) in [6, 6.07) is 2.45. The highest BCUT2D eigenvalue weighted by atomic mass is 35.5. The van der Waals surface area contributed by atoms with Crippen molar-refractivity contribution in [1.82, 2.24) is 19.5 Å². The molecule has 30 heavy (non-hydrogen) atoms. The van der Waals surface area contributed by atoms with E-state index in [4.69, 9.17) is 23.2 Å². The minimum atomic E-state index is -4.67. The minimum Gasteiger partial charge on any atom is -0.323 e. The third kappa shape index (κ3) is 4.65. The number of rotatable bonds is 3. The molecule has 158 valence electrons. The lowest BCUT2D eigenvalue weighted by molar-refractivity contribution is -0.138. The molecule has 0 fully saturated rings. The fourth-order valence-corrected chi connectivity index (χ4v) is 2.67. The monoisotopic (exact) mass is 469 g/mol. The molecule has 3 rings (SSSR count). The van der Waals surface area contributed by atoms with Gasteiger partial charge in [0.2, 0.25) is 0 Å². The van der Waals surface area contributed by atoms with Gasteiger partial charge in [-0.3, -0.25) is 4.57 Å². The van der Waals surface area contributed by atoms with Gasteiger partial charge in [-0.05, 0) is 18.2 Å². The highest BCUT2D eigenvalue weighted by Gasteiger charge is 2.32. The second kappa shape index (κ2) is 7.76. The van der Waals surface area contributed by atoms with Crippen LogP contribution in [0.1, 0.15) is 11.1 Å². The van der Waals surface area contributed by atoms with Gasteiger partial charge >= 0.3 is 18.0 Å². The first-order chi connectivity index (χ1) is 13.9. The molecular weight excluding hydrogens is 463 g/mol. The van der Waals surface area contributed by atoms with E-state index in [0.717, 1.165) is 10.8 Å². The predicted molar refractivity (Wildman–Crippen MR) is 95.2 cm³/mol. The van der Waals surface area contributed by atoms with Crippen molar-refractivity contribution in [2.45, 2.75) is 12.4 Å². The summed E-state index contributed by atoms with van der Waals surface area (Å²) in [7, 11) is 0. The second-order valence-corrected chi connectivity index (χ2v) is 6.48. The van der Waals surface area contributed by atoms with Crippen LogP contribution < -0.4 is 11.0 Å². The number of nitrogens with zero attached hydrogens (tertiary/aromatic N) is 4. The van der Waals surface area contributed by atoms with E-state index in [1.165, 1.54) is 6.07 Å². The molecule has 0 bridgehead atoms. The molecule has 0 saturated heterocycles. The lowest BCUT2D eigenvalue weighted by Crippen LogP contribution is -2.23. The molecule has 0 aliphatic rings. The molecule has 14 heteroatoms. The summed E-state index contributed by atoms with van der Waals surface area (Å²) in [5.41, 5.74) is -3.14. The molecule has 0 aliphatic heterocycles. The normalized spacial score (nSPS) is 12.1. The van der Waals surface area contributed by atoms with Crippen molar-refractivity contribution in [2.24, 2.45) is 0 Å². The summed E-state index contributed by atoms with van der Waals surface area (Å²) in [4.78, 5) is 22.9. The van der Waals surface area contributed by atoms with Gasteiger partial charge < -0.3 is 5.32 Å². The van der Waals surface area contributed by atoms with Gasteiger partial charge in [-0.1, -0.05) is 23.2 Å². The zero-order valence-corrected chi connectivity index (χ0v) is 15.7. The molecular formula is C16H7Cl2F6N5O. The predicted octanol–water partition coefficient (Wildman–Crippen LogP) is 5.11. The molecule has 0 spiro atoms. The summed E-state index contributed by atoms with van der Waals surface area (Å²) in [6.45, 7) is 0. The van der Waals surface area contributed by atoms with Crippen LogP contribution in [0.2, 0.25) is 10.0 Å². The van der Waals surface area contributed by atoms with Crippen LogP contribution in [-0.2, 0) is 12.4 Å². The summed E-state index contributed by atoms with van der Waals surface area (Å²) in [6.07, 6.45) is -7.15. The van der Waals surface area contributed by atoms with Crippen molar-refractivity contribution < 1.29 is 26.3 Å². The molecule has 0 aromatic carbocycles. The van der Waals surface area contributed by atoms with E-state index in [-0.39, 0.29) is 22.5 Å². The van der Waals surface area contributed by atoms with E-state index in [1.54, 1.807) is 0 Å². The van der Waals surface area contributed by atoms with Gasteiger partial charge in [0, 0.05) is 18.6 Å². The quantitative estimate of drug-likeness (QED) is 0.539. The summed E-state index contributed by atoms with van der Waals surface area (Å²) < 4.78 is 76.8. The number of anilines is 2. The van der Waals surface area contributed by atoms with Gasteiger partial charge in [0.25, 0.3) is 0 Å². The zero-order chi connectivity index (χ0) is 22.3. The standard InChI is InChI=1S/C16H7Cl2F6N5O/c17-9-3-7(15(19,20)21)5-25-12(9)27-11-1-2-29(14(30)28-11)13-10(18)4-8(6-26-13)16(22,23)24/h1-6H,(H,25,27,28,30). The fraction of sp³-hybridized carbons (Fsp3) is 0.125. The third-order valence-corrected chi connectivity index (χ3v) is 4.16. The van der Waals surface area contributed by atoms with Gasteiger partial charge in [-0.15, -0.1) is 0 Å². The lowest BCUT2D eigenvalue weighted by Gasteiger charge is -2.12. The van der Waals surface area contributed by atoms with Crippen LogP contribution in [0.25, 0.3) is 5.82 Å². The van der Waals surface area contributed by atoms with E-state index in [0.29, 0.717) is 24.5 Å². The smallest absolute Gasteiger partial charge is 0.323 e. The Morgan fingerprint density at radius 2 is 1.47 bits per heavy atom. The summed E-state index contributed by atoms with van der Waals surface area (Å²) in [5.74, 6) is -0.618.